The lowest BCUT2D eigenvalue weighted by atomic mass is 10.1. The minimum Gasteiger partial charge on any atom is -0.381 e. The maximum Gasteiger partial charge on any atom is 0.417 e. The Labute approximate surface area is 771 Å². The predicted molar refractivity (Wildman–Crippen MR) is 475 cm³/mol. The maximum absolute atomic E-state index is 12.7. The number of carbonyl (C=O) groups excluding carboxylic acids is 4. The van der Waals surface area contributed by atoms with Gasteiger partial charge in [-0.25, -0.2) is 40.3 Å². The molecule has 0 unspecified atom stereocenters. The molecule has 8 N–H and O–H groups in total. The van der Waals surface area contributed by atoms with Gasteiger partial charge < -0.3 is 79.4 Å². The van der Waals surface area contributed by atoms with E-state index < -0.39 is 47.0 Å². The standard InChI is InChI=1S/4C22H27F3N6O3/c4*1-14-18(13-28-29-21(14)33)26-12-17-4-3-16(34-17)10-20(32)31-8-6-30(7-9-31)19-5-2-15(11-27-19)22(23,24)25/h4*2,5,11,13,16-17H,3-4,6-10,12H2,1H3,(H2,26,29,33)/t2*16-,17+;2*16-,17-/m1010/s1. The summed E-state index contributed by atoms with van der Waals surface area (Å²) in [6, 6.07) is 9.56. The van der Waals surface area contributed by atoms with Crippen LogP contribution in [0, 0.1) is 27.7 Å². The van der Waals surface area contributed by atoms with Gasteiger partial charge in [0, 0.05) is 178 Å². The highest BCUT2D eigenvalue weighted by atomic mass is 19.4. The minimum atomic E-state index is -4.41. The Morgan fingerprint density at radius 3 is 0.647 bits per heavy atom. The highest BCUT2D eigenvalue weighted by molar-refractivity contribution is 5.79. The molecular formula is C88H108F12N24O12. The minimum absolute atomic E-state index is 0.00766. The first kappa shape index (κ1) is 101. The summed E-state index contributed by atoms with van der Waals surface area (Å²) in [5, 5.41) is 37.4. The molecule has 0 aromatic carbocycles. The van der Waals surface area contributed by atoms with Crippen LogP contribution >= 0.6 is 0 Å². The van der Waals surface area contributed by atoms with Gasteiger partial charge in [0.2, 0.25) is 23.6 Å². The summed E-state index contributed by atoms with van der Waals surface area (Å²) in [5.41, 5.74) is 0.804. The molecule has 136 heavy (non-hydrogen) atoms. The first-order valence-electron chi connectivity index (χ1n) is 44.8. The average molecular weight is 1920 g/mol. The van der Waals surface area contributed by atoms with Gasteiger partial charge in [-0.15, -0.1) is 0 Å². The topological polar surface area (TPSA) is 414 Å². The number of ether oxygens (including phenoxy) is 4. The van der Waals surface area contributed by atoms with Crippen LogP contribution in [0.25, 0.3) is 0 Å². The number of piperazine rings is 4. The number of aromatic amines is 4. The summed E-state index contributed by atoms with van der Waals surface area (Å²) in [6.07, 6.45) is -1.38. The van der Waals surface area contributed by atoms with Crippen LogP contribution in [0.4, 0.5) is 98.7 Å². The summed E-state index contributed by atoms with van der Waals surface area (Å²) in [5.74, 6) is 1.92. The molecule has 36 nitrogen and oxygen atoms in total. The molecule has 48 heteroatoms. The molecule has 8 saturated heterocycles. The molecular weight excluding hydrogens is 1810 g/mol. The fourth-order valence-corrected chi connectivity index (χ4v) is 16.8. The number of rotatable bonds is 24. The number of nitrogens with one attached hydrogen (secondary N) is 8. The van der Waals surface area contributed by atoms with E-state index in [-0.39, 0.29) is 94.7 Å². The van der Waals surface area contributed by atoms with Gasteiger partial charge in [-0.05, 0) is 128 Å². The number of nitrogens with zero attached hydrogens (tertiary/aromatic N) is 16. The van der Waals surface area contributed by atoms with Crippen LogP contribution in [0.15, 0.2) is 117 Å². The zero-order chi connectivity index (χ0) is 97.2. The number of alkyl halides is 12. The van der Waals surface area contributed by atoms with Gasteiger partial charge in [0.15, 0.2) is 0 Å². The molecule has 8 fully saturated rings. The Morgan fingerprint density at radius 2 is 0.478 bits per heavy atom. The largest absolute Gasteiger partial charge is 0.417 e. The molecule has 8 aromatic rings. The fourth-order valence-electron chi connectivity index (χ4n) is 16.8. The quantitative estimate of drug-likeness (QED) is 0.0262. The molecule has 0 spiro atoms. The molecule has 8 atom stereocenters. The molecule has 8 aliphatic rings. The molecule has 4 amide bonds. The van der Waals surface area contributed by atoms with Crippen molar-refractivity contribution in [3.63, 3.8) is 0 Å². The van der Waals surface area contributed by atoms with Gasteiger partial charge in [0.1, 0.15) is 23.3 Å². The number of anilines is 8. The van der Waals surface area contributed by atoms with Gasteiger partial charge in [0.25, 0.3) is 22.2 Å². The van der Waals surface area contributed by atoms with Crippen LogP contribution in [0.1, 0.15) is 122 Å². The molecule has 0 saturated carbocycles. The number of aromatic nitrogens is 12. The van der Waals surface area contributed by atoms with Crippen LogP contribution in [-0.4, -0.2) is 284 Å². The smallest absolute Gasteiger partial charge is 0.381 e. The van der Waals surface area contributed by atoms with Crippen LogP contribution in [0.5, 0.6) is 0 Å². The highest BCUT2D eigenvalue weighted by Gasteiger charge is 2.40. The van der Waals surface area contributed by atoms with Crippen molar-refractivity contribution in [3.05, 3.63) is 184 Å². The van der Waals surface area contributed by atoms with E-state index in [9.17, 15) is 91.0 Å². The number of hydrogen-bond donors (Lipinski definition) is 8. The first-order chi connectivity index (χ1) is 64.8. The molecule has 8 aromatic heterocycles. The van der Waals surface area contributed by atoms with E-state index in [1.807, 2.05) is 19.6 Å². The number of hydrogen-bond acceptors (Lipinski definition) is 28. The average Bonchev–Trinajstić information content (AvgIpc) is 1.08. The Balaban J connectivity index is 0.000000153. The molecule has 0 aliphatic carbocycles. The molecule has 736 valence electrons. The van der Waals surface area contributed by atoms with Crippen molar-refractivity contribution in [1.82, 2.24) is 80.3 Å². The third kappa shape index (κ3) is 27.8. The Kier molecular flexibility index (Phi) is 33.6. The zero-order valence-corrected chi connectivity index (χ0v) is 75.1. The van der Waals surface area contributed by atoms with E-state index in [2.05, 4.69) is 82.0 Å². The van der Waals surface area contributed by atoms with Gasteiger partial charge in [-0.1, -0.05) is 0 Å². The van der Waals surface area contributed by atoms with Gasteiger partial charge >= 0.3 is 24.7 Å². The Bertz CT molecular complexity index is 4880. The summed E-state index contributed by atoms with van der Waals surface area (Å²) < 4.78 is 177. The summed E-state index contributed by atoms with van der Waals surface area (Å²) in [4.78, 5) is 128. The SMILES string of the molecule is Cc1c(NC[C@@H]2CC[C@@H](CC(=O)N3CCN(c4ccc(C(F)(F)F)cn4)CC3)O2)cn[nH]c1=O.Cc1c(NC[C@@H]2CC[C@H](CC(=O)N3CCN(c4ccc(C(F)(F)F)cn4)CC3)O2)cn[nH]c1=O.Cc1c(NC[C@H]2CC[C@@H](CC(=O)N3CCN(c4ccc(C(F)(F)F)cn4)CC3)O2)cn[nH]c1=O.Cc1c(NC[C@H]2CC[C@H](CC(=O)N3CCN(c4ccc(C(F)(F)F)cn4)CC3)O2)cn[nH]c1=O. The van der Waals surface area contributed by atoms with Gasteiger partial charge in [-0.3, -0.25) is 38.4 Å². The lowest BCUT2D eigenvalue weighted by Gasteiger charge is -2.36. The third-order valence-corrected chi connectivity index (χ3v) is 25.0. The van der Waals surface area contributed by atoms with Crippen molar-refractivity contribution in [2.75, 3.05) is 172 Å². The highest BCUT2D eigenvalue weighted by Crippen LogP contribution is 2.36. The van der Waals surface area contributed by atoms with Crippen molar-refractivity contribution < 1.29 is 90.8 Å². The number of H-pyrrole nitrogens is 4. The zero-order valence-electron chi connectivity index (χ0n) is 75.1. The van der Waals surface area contributed by atoms with E-state index in [4.69, 9.17) is 18.9 Å². The van der Waals surface area contributed by atoms with Crippen molar-refractivity contribution in [2.24, 2.45) is 0 Å². The molecule has 16 heterocycles. The summed E-state index contributed by atoms with van der Waals surface area (Å²) in [6.45, 7) is 16.8. The lowest BCUT2D eigenvalue weighted by molar-refractivity contribution is -0.138. The Hall–Kier alpha value is -12.6. The van der Waals surface area contributed by atoms with Crippen molar-refractivity contribution in [2.45, 2.75) is 178 Å². The lowest BCUT2D eigenvalue weighted by Crippen LogP contribution is -2.49. The van der Waals surface area contributed by atoms with Crippen molar-refractivity contribution in [1.29, 1.82) is 0 Å². The third-order valence-electron chi connectivity index (χ3n) is 25.0. The van der Waals surface area contributed by atoms with Crippen molar-refractivity contribution in [3.8, 4) is 0 Å². The van der Waals surface area contributed by atoms with E-state index in [0.29, 0.717) is 225 Å². The van der Waals surface area contributed by atoms with Gasteiger partial charge in [0.05, 0.1) is 144 Å². The number of pyridine rings is 4. The maximum atomic E-state index is 12.7. The fraction of sp³-hybridized carbons (Fsp3) is 0.545. The van der Waals surface area contributed by atoms with E-state index in [1.54, 1.807) is 72.1 Å². The van der Waals surface area contributed by atoms with Gasteiger partial charge in [-0.2, -0.15) is 73.1 Å². The van der Waals surface area contributed by atoms with Crippen LogP contribution in [-0.2, 0) is 62.8 Å². The van der Waals surface area contributed by atoms with E-state index in [0.717, 1.165) is 100 Å². The van der Waals surface area contributed by atoms with E-state index in [1.165, 1.54) is 24.3 Å². The number of halogens is 12. The summed E-state index contributed by atoms with van der Waals surface area (Å²) in [7, 11) is 0. The van der Waals surface area contributed by atoms with E-state index >= 15 is 0 Å². The summed E-state index contributed by atoms with van der Waals surface area (Å²) >= 11 is 0. The number of amides is 4. The van der Waals surface area contributed by atoms with Crippen molar-refractivity contribution >= 4 is 69.6 Å². The molecule has 16 rings (SSSR count). The second-order valence-electron chi connectivity index (χ2n) is 34.2. The number of carbonyl (C=O) groups is 4. The second kappa shape index (κ2) is 45.4. The van der Waals surface area contributed by atoms with Crippen LogP contribution in [0.2, 0.25) is 0 Å². The predicted octanol–water partition coefficient (Wildman–Crippen LogP) is 8.76. The van der Waals surface area contributed by atoms with Crippen LogP contribution < -0.4 is 63.1 Å². The molecule has 0 bridgehead atoms. The monoisotopic (exact) mass is 1920 g/mol. The Morgan fingerprint density at radius 1 is 0.294 bits per heavy atom. The van der Waals surface area contributed by atoms with Crippen LogP contribution in [0.3, 0.4) is 0 Å². The second-order valence-corrected chi connectivity index (χ2v) is 34.2. The first-order valence-corrected chi connectivity index (χ1v) is 44.8. The molecule has 0 radical (unpaired) electrons. The normalized spacial score (nSPS) is 21.1. The molecule has 8 aliphatic heterocycles.